The van der Waals surface area contributed by atoms with Crippen LogP contribution in [-0.4, -0.2) is 27.4 Å². The maximum Gasteiger partial charge on any atom is 0.246 e. The minimum absolute atomic E-state index is 0.0646. The molecule has 2 N–H and O–H groups in total. The van der Waals surface area contributed by atoms with Gasteiger partial charge in [-0.25, -0.2) is 4.98 Å². The number of hydrogen-bond acceptors (Lipinski definition) is 3. The number of para-hydroxylation sites is 1. The highest BCUT2D eigenvalue weighted by Gasteiger charge is 2.27. The van der Waals surface area contributed by atoms with Crippen molar-refractivity contribution in [3.63, 3.8) is 0 Å². The van der Waals surface area contributed by atoms with Crippen molar-refractivity contribution in [2.24, 2.45) is 0 Å². The van der Waals surface area contributed by atoms with Crippen molar-refractivity contribution in [1.82, 2.24) is 14.9 Å². The maximum atomic E-state index is 12.4. The molecule has 1 fully saturated rings. The lowest BCUT2D eigenvalue weighted by Gasteiger charge is -2.13. The van der Waals surface area contributed by atoms with Gasteiger partial charge >= 0.3 is 0 Å². The number of hydrogen-bond donors (Lipinski definition) is 2. The van der Waals surface area contributed by atoms with Crippen LogP contribution in [-0.2, 0) is 22.6 Å². The van der Waals surface area contributed by atoms with E-state index >= 15 is 0 Å². The fourth-order valence-corrected chi connectivity index (χ4v) is 3.39. The molecule has 24 heavy (non-hydrogen) atoms. The number of benzene rings is 1. The molecular formula is C18H20N4O2. The number of imidazole rings is 1. The first kappa shape index (κ1) is 14.9. The molecule has 2 aliphatic heterocycles. The van der Waals surface area contributed by atoms with E-state index in [1.165, 1.54) is 12.8 Å². The third kappa shape index (κ3) is 2.79. The minimum Gasteiger partial charge on any atom is -0.344 e. The molecule has 1 unspecified atom stereocenters. The number of aryl methyl sites for hydroxylation is 2. The van der Waals surface area contributed by atoms with Crippen LogP contribution in [0, 0.1) is 0 Å². The van der Waals surface area contributed by atoms with Crippen LogP contribution >= 0.6 is 0 Å². The van der Waals surface area contributed by atoms with E-state index < -0.39 is 6.04 Å². The summed E-state index contributed by atoms with van der Waals surface area (Å²) in [5.41, 5.74) is 2.54. The zero-order valence-corrected chi connectivity index (χ0v) is 13.4. The molecule has 0 radical (unpaired) electrons. The molecule has 1 saturated heterocycles. The average Bonchev–Trinajstić information content (AvgIpc) is 3.21. The fraction of sp³-hybridized carbons (Fsp3) is 0.389. The minimum atomic E-state index is -0.444. The number of aromatic nitrogens is 2. The van der Waals surface area contributed by atoms with Crippen LogP contribution in [0.3, 0.4) is 0 Å². The predicted octanol–water partition coefficient (Wildman–Crippen LogP) is 2.10. The number of fused-ring (bicyclic) bond motifs is 1. The maximum absolute atomic E-state index is 12.4. The first-order valence-electron chi connectivity index (χ1n) is 8.46. The fourth-order valence-electron chi connectivity index (χ4n) is 3.39. The summed E-state index contributed by atoms with van der Waals surface area (Å²) in [7, 11) is 0. The van der Waals surface area contributed by atoms with Crippen LogP contribution < -0.4 is 10.6 Å². The van der Waals surface area contributed by atoms with Crippen LogP contribution in [0.5, 0.6) is 0 Å². The number of anilines is 1. The third-order valence-corrected chi connectivity index (χ3v) is 4.68. The van der Waals surface area contributed by atoms with E-state index in [2.05, 4.69) is 21.4 Å². The Labute approximate surface area is 140 Å². The highest BCUT2D eigenvalue weighted by molar-refractivity contribution is 6.01. The molecule has 3 heterocycles. The van der Waals surface area contributed by atoms with Gasteiger partial charge in [0.25, 0.3) is 0 Å². The SMILES string of the molecule is O=C1CCC(C(=O)Nc2ccccc2-c2cn3c(n2)CCCC3)N1. The van der Waals surface area contributed by atoms with Crippen LogP contribution in [0.1, 0.15) is 31.5 Å². The number of nitrogens with zero attached hydrogens (tertiary/aromatic N) is 2. The Kier molecular flexibility index (Phi) is 3.80. The number of nitrogens with one attached hydrogen (secondary N) is 2. The number of carbonyl (C=O) groups excluding carboxylic acids is 2. The van der Waals surface area contributed by atoms with E-state index in [0.717, 1.165) is 35.7 Å². The molecule has 6 nitrogen and oxygen atoms in total. The van der Waals surface area contributed by atoms with Crippen molar-refractivity contribution in [3.05, 3.63) is 36.3 Å². The summed E-state index contributed by atoms with van der Waals surface area (Å²) in [5.74, 6) is 0.878. The number of amides is 2. The quantitative estimate of drug-likeness (QED) is 0.908. The molecule has 4 rings (SSSR count). The molecule has 6 heteroatoms. The van der Waals surface area contributed by atoms with Gasteiger partial charge in [-0.05, 0) is 25.3 Å². The molecular weight excluding hydrogens is 304 g/mol. The predicted molar refractivity (Wildman–Crippen MR) is 90.4 cm³/mol. The van der Waals surface area contributed by atoms with Crippen LogP contribution in [0.4, 0.5) is 5.69 Å². The molecule has 2 aliphatic rings. The highest BCUT2D eigenvalue weighted by atomic mass is 16.2. The Morgan fingerprint density at radius 2 is 2.12 bits per heavy atom. The standard InChI is InChI=1S/C18H20N4O2/c23-17-9-8-14(20-17)18(24)21-13-6-2-1-5-12(13)15-11-22-10-4-3-7-16(22)19-15/h1-2,5-6,11,14H,3-4,7-10H2,(H,20,23)(H,21,24). The van der Waals surface area contributed by atoms with Gasteiger partial charge in [-0.1, -0.05) is 18.2 Å². The summed E-state index contributed by atoms with van der Waals surface area (Å²) < 4.78 is 2.20. The lowest BCUT2D eigenvalue weighted by Crippen LogP contribution is -2.37. The first-order chi connectivity index (χ1) is 11.7. The molecule has 124 valence electrons. The normalized spacial score (nSPS) is 19.7. The van der Waals surface area contributed by atoms with E-state index in [-0.39, 0.29) is 11.8 Å². The van der Waals surface area contributed by atoms with Crippen LogP contribution in [0.2, 0.25) is 0 Å². The molecule has 1 aromatic carbocycles. The molecule has 1 atom stereocenters. The number of carbonyl (C=O) groups is 2. The van der Waals surface area contributed by atoms with Crippen LogP contribution in [0.25, 0.3) is 11.3 Å². The van der Waals surface area contributed by atoms with E-state index in [0.29, 0.717) is 12.8 Å². The summed E-state index contributed by atoms with van der Waals surface area (Å²) in [4.78, 5) is 28.4. The van der Waals surface area contributed by atoms with Gasteiger partial charge in [-0.3, -0.25) is 9.59 Å². The smallest absolute Gasteiger partial charge is 0.246 e. The molecule has 2 aromatic rings. The topological polar surface area (TPSA) is 76.0 Å². The number of rotatable bonds is 3. The molecule has 0 aliphatic carbocycles. The second-order valence-corrected chi connectivity index (χ2v) is 6.39. The Morgan fingerprint density at radius 3 is 2.92 bits per heavy atom. The van der Waals surface area contributed by atoms with Gasteiger partial charge in [0, 0.05) is 31.1 Å². The van der Waals surface area contributed by atoms with Gasteiger partial charge in [0.2, 0.25) is 11.8 Å². The Hall–Kier alpha value is -2.63. The van der Waals surface area contributed by atoms with Gasteiger partial charge in [0.05, 0.1) is 11.4 Å². The monoisotopic (exact) mass is 324 g/mol. The summed E-state index contributed by atoms with van der Waals surface area (Å²) in [6, 6.07) is 7.24. The zero-order chi connectivity index (χ0) is 16.5. The third-order valence-electron chi connectivity index (χ3n) is 4.68. The van der Waals surface area contributed by atoms with Crippen molar-refractivity contribution >= 4 is 17.5 Å². The highest BCUT2D eigenvalue weighted by Crippen LogP contribution is 2.29. The van der Waals surface area contributed by atoms with Gasteiger partial charge in [0.1, 0.15) is 11.9 Å². The first-order valence-corrected chi connectivity index (χ1v) is 8.46. The molecule has 0 spiro atoms. The van der Waals surface area contributed by atoms with Gasteiger partial charge in [0.15, 0.2) is 0 Å². The summed E-state index contributed by atoms with van der Waals surface area (Å²) in [6.07, 6.45) is 6.39. The molecule has 1 aromatic heterocycles. The van der Waals surface area contributed by atoms with E-state index in [9.17, 15) is 9.59 Å². The van der Waals surface area contributed by atoms with E-state index in [1.54, 1.807) is 0 Å². The van der Waals surface area contributed by atoms with Gasteiger partial charge < -0.3 is 15.2 Å². The Balaban J connectivity index is 1.59. The van der Waals surface area contributed by atoms with Crippen LogP contribution in [0.15, 0.2) is 30.5 Å². The lowest BCUT2D eigenvalue weighted by molar-refractivity contribution is -0.122. The van der Waals surface area contributed by atoms with E-state index in [4.69, 9.17) is 4.98 Å². The average molecular weight is 324 g/mol. The van der Waals surface area contributed by atoms with Crippen molar-refractivity contribution in [2.45, 2.75) is 44.7 Å². The summed E-state index contributed by atoms with van der Waals surface area (Å²) in [5, 5.41) is 5.65. The Bertz CT molecular complexity index is 773. The van der Waals surface area contributed by atoms with Crippen molar-refractivity contribution in [3.8, 4) is 11.3 Å². The van der Waals surface area contributed by atoms with Gasteiger partial charge in [-0.2, -0.15) is 0 Å². The second-order valence-electron chi connectivity index (χ2n) is 6.39. The molecule has 0 bridgehead atoms. The second kappa shape index (κ2) is 6.11. The summed E-state index contributed by atoms with van der Waals surface area (Å²) in [6.45, 7) is 1.00. The molecule has 2 amide bonds. The van der Waals surface area contributed by atoms with Gasteiger partial charge in [-0.15, -0.1) is 0 Å². The van der Waals surface area contributed by atoms with Crippen molar-refractivity contribution < 1.29 is 9.59 Å². The largest absolute Gasteiger partial charge is 0.344 e. The Morgan fingerprint density at radius 1 is 1.25 bits per heavy atom. The van der Waals surface area contributed by atoms with Crippen molar-refractivity contribution in [2.75, 3.05) is 5.32 Å². The summed E-state index contributed by atoms with van der Waals surface area (Å²) >= 11 is 0. The van der Waals surface area contributed by atoms with Crippen molar-refractivity contribution in [1.29, 1.82) is 0 Å². The lowest BCUT2D eigenvalue weighted by atomic mass is 10.1. The van der Waals surface area contributed by atoms with E-state index in [1.807, 2.05) is 24.3 Å². The molecule has 0 saturated carbocycles. The zero-order valence-electron chi connectivity index (χ0n) is 13.4.